The van der Waals surface area contributed by atoms with Crippen molar-refractivity contribution in [2.45, 2.75) is 58.9 Å². The lowest BCUT2D eigenvalue weighted by molar-refractivity contribution is 0.186. The number of hydrogen-bond donors (Lipinski definition) is 0. The average molecular weight is 212 g/mol. The van der Waals surface area contributed by atoms with Crippen molar-refractivity contribution in [3.8, 4) is 12.3 Å². The third-order valence-corrected chi connectivity index (χ3v) is 7.45. The zero-order valence-electron chi connectivity index (χ0n) is 10.6. The van der Waals surface area contributed by atoms with Crippen LogP contribution in [0.4, 0.5) is 0 Å². The predicted molar refractivity (Wildman–Crippen MR) is 65.7 cm³/mol. The second-order valence-electron chi connectivity index (χ2n) is 5.71. The van der Waals surface area contributed by atoms with Gasteiger partial charge in [-0.05, 0) is 24.1 Å². The largest absolute Gasteiger partial charge is 0.403 e. The molecular formula is C12H24OSi. The van der Waals surface area contributed by atoms with Crippen LogP contribution in [0.1, 0.15) is 34.6 Å². The van der Waals surface area contributed by atoms with Gasteiger partial charge in [0, 0.05) is 0 Å². The number of terminal acetylenes is 1. The first-order valence-electron chi connectivity index (χ1n) is 5.26. The van der Waals surface area contributed by atoms with Crippen molar-refractivity contribution in [2.24, 2.45) is 5.92 Å². The molecule has 0 fully saturated rings. The molecule has 0 aliphatic heterocycles. The van der Waals surface area contributed by atoms with Crippen LogP contribution in [0.3, 0.4) is 0 Å². The molecule has 0 amide bonds. The summed E-state index contributed by atoms with van der Waals surface area (Å²) in [5.41, 5.74) is 0. The molecule has 0 saturated heterocycles. The fourth-order valence-corrected chi connectivity index (χ4v) is 2.19. The second kappa shape index (κ2) is 4.50. The van der Waals surface area contributed by atoms with E-state index in [1.807, 2.05) is 0 Å². The highest BCUT2D eigenvalue weighted by molar-refractivity contribution is 6.74. The van der Waals surface area contributed by atoms with Crippen molar-refractivity contribution in [1.29, 1.82) is 0 Å². The van der Waals surface area contributed by atoms with Crippen LogP contribution < -0.4 is 0 Å². The molecule has 1 unspecified atom stereocenters. The molecule has 1 atom stereocenters. The van der Waals surface area contributed by atoms with Gasteiger partial charge in [0.25, 0.3) is 0 Å². The third kappa shape index (κ3) is 3.47. The van der Waals surface area contributed by atoms with E-state index in [0.29, 0.717) is 5.92 Å². The number of rotatable bonds is 3. The number of hydrogen-bond acceptors (Lipinski definition) is 1. The lowest BCUT2D eigenvalue weighted by atomic mass is 10.1. The fourth-order valence-electron chi connectivity index (χ4n) is 0.857. The Morgan fingerprint density at radius 2 is 1.64 bits per heavy atom. The molecule has 0 spiro atoms. The van der Waals surface area contributed by atoms with Gasteiger partial charge in [0.15, 0.2) is 8.32 Å². The highest BCUT2D eigenvalue weighted by Gasteiger charge is 2.39. The maximum absolute atomic E-state index is 6.12. The molecule has 0 aromatic rings. The molecule has 0 aliphatic rings. The van der Waals surface area contributed by atoms with Crippen LogP contribution >= 0.6 is 0 Å². The van der Waals surface area contributed by atoms with Crippen LogP contribution in [-0.2, 0) is 4.43 Å². The van der Waals surface area contributed by atoms with E-state index in [1.54, 1.807) is 0 Å². The summed E-state index contributed by atoms with van der Waals surface area (Å²) in [6.45, 7) is 15.4. The van der Waals surface area contributed by atoms with E-state index in [9.17, 15) is 0 Å². The maximum Gasteiger partial charge on any atom is 0.193 e. The van der Waals surface area contributed by atoms with Crippen LogP contribution in [0.15, 0.2) is 0 Å². The molecule has 0 aliphatic carbocycles. The van der Waals surface area contributed by atoms with Gasteiger partial charge in [0.05, 0.1) is 0 Å². The third-order valence-electron chi connectivity index (χ3n) is 3.00. The lowest BCUT2D eigenvalue weighted by Gasteiger charge is -2.38. The first-order valence-corrected chi connectivity index (χ1v) is 8.16. The monoisotopic (exact) mass is 212 g/mol. The van der Waals surface area contributed by atoms with Crippen LogP contribution in [0, 0.1) is 18.3 Å². The molecule has 1 nitrogen and oxygen atoms in total. The molecule has 0 bridgehead atoms. The summed E-state index contributed by atoms with van der Waals surface area (Å²) in [5.74, 6) is 3.14. The van der Waals surface area contributed by atoms with Crippen molar-refractivity contribution in [3.63, 3.8) is 0 Å². The Bertz CT molecular complexity index is 217. The Kier molecular flexibility index (Phi) is 4.42. The topological polar surface area (TPSA) is 9.23 Å². The van der Waals surface area contributed by atoms with Crippen molar-refractivity contribution in [1.82, 2.24) is 0 Å². The molecule has 0 heterocycles. The van der Waals surface area contributed by atoms with Crippen LogP contribution in [0.5, 0.6) is 0 Å². The summed E-state index contributed by atoms with van der Waals surface area (Å²) in [5, 5.41) is 0.233. The average Bonchev–Trinajstić information content (AvgIpc) is 1.97. The van der Waals surface area contributed by atoms with E-state index in [1.165, 1.54) is 0 Å². The normalized spacial score (nSPS) is 15.4. The van der Waals surface area contributed by atoms with E-state index in [4.69, 9.17) is 10.8 Å². The van der Waals surface area contributed by atoms with Crippen molar-refractivity contribution < 1.29 is 4.43 Å². The molecule has 2 heteroatoms. The highest BCUT2D eigenvalue weighted by Crippen LogP contribution is 2.37. The Balaban J connectivity index is 4.59. The summed E-state index contributed by atoms with van der Waals surface area (Å²) >= 11 is 0. The summed E-state index contributed by atoms with van der Waals surface area (Å²) in [6.07, 6.45) is 5.44. The Labute approximate surface area is 90.4 Å². The van der Waals surface area contributed by atoms with E-state index < -0.39 is 8.32 Å². The van der Waals surface area contributed by atoms with Crippen LogP contribution in [0.2, 0.25) is 18.1 Å². The lowest BCUT2D eigenvalue weighted by Crippen LogP contribution is -2.44. The van der Waals surface area contributed by atoms with Gasteiger partial charge < -0.3 is 4.43 Å². The summed E-state index contributed by atoms with van der Waals surface area (Å²) in [4.78, 5) is 0. The smallest absolute Gasteiger partial charge is 0.193 e. The second-order valence-corrected chi connectivity index (χ2v) is 10.5. The standard InChI is InChI=1S/C12H24OSi/c1-9-11(10(2)3)13-14(7,8)12(4,5)6/h1,10-11H,2-8H3. The summed E-state index contributed by atoms with van der Waals surface area (Å²) < 4.78 is 6.12. The summed E-state index contributed by atoms with van der Waals surface area (Å²) in [6, 6.07) is 0. The molecule has 0 radical (unpaired) electrons. The molecule has 0 N–H and O–H groups in total. The SMILES string of the molecule is C#CC(O[Si](C)(C)C(C)(C)C)C(C)C. The van der Waals surface area contributed by atoms with Crippen molar-refractivity contribution in [3.05, 3.63) is 0 Å². The van der Waals surface area contributed by atoms with Gasteiger partial charge in [-0.15, -0.1) is 6.42 Å². The van der Waals surface area contributed by atoms with Gasteiger partial charge >= 0.3 is 0 Å². The molecular weight excluding hydrogens is 188 g/mol. The Morgan fingerprint density at radius 3 is 1.86 bits per heavy atom. The fraction of sp³-hybridized carbons (Fsp3) is 0.833. The van der Waals surface area contributed by atoms with Gasteiger partial charge in [0.1, 0.15) is 6.10 Å². The molecule has 0 rings (SSSR count). The molecule has 14 heavy (non-hydrogen) atoms. The van der Waals surface area contributed by atoms with Gasteiger partial charge in [0.2, 0.25) is 0 Å². The zero-order valence-corrected chi connectivity index (χ0v) is 11.6. The van der Waals surface area contributed by atoms with E-state index in [0.717, 1.165) is 0 Å². The minimum Gasteiger partial charge on any atom is -0.403 e. The molecule has 82 valence electrons. The van der Waals surface area contributed by atoms with Crippen LogP contribution in [-0.4, -0.2) is 14.4 Å². The van der Waals surface area contributed by atoms with Gasteiger partial charge in [-0.1, -0.05) is 40.5 Å². The predicted octanol–water partition coefficient (Wildman–Crippen LogP) is 3.67. The summed E-state index contributed by atoms with van der Waals surface area (Å²) in [7, 11) is -1.69. The van der Waals surface area contributed by atoms with Crippen LogP contribution in [0.25, 0.3) is 0 Å². The Hall–Kier alpha value is -0.263. The van der Waals surface area contributed by atoms with Gasteiger partial charge in [-0.25, -0.2) is 0 Å². The molecule has 0 saturated carbocycles. The quantitative estimate of drug-likeness (QED) is 0.512. The van der Waals surface area contributed by atoms with E-state index >= 15 is 0 Å². The first-order chi connectivity index (χ1) is 6.12. The minimum atomic E-state index is -1.69. The first kappa shape index (κ1) is 13.7. The van der Waals surface area contributed by atoms with Crippen molar-refractivity contribution in [2.75, 3.05) is 0 Å². The van der Waals surface area contributed by atoms with E-state index in [2.05, 4.69) is 53.6 Å². The van der Waals surface area contributed by atoms with Gasteiger partial charge in [-0.2, -0.15) is 0 Å². The molecule has 0 aromatic heterocycles. The van der Waals surface area contributed by atoms with E-state index in [-0.39, 0.29) is 11.1 Å². The maximum atomic E-state index is 6.12. The zero-order chi connectivity index (χ0) is 11.6. The highest BCUT2D eigenvalue weighted by atomic mass is 28.4. The molecule has 0 aromatic carbocycles. The van der Waals surface area contributed by atoms with Crippen molar-refractivity contribution >= 4 is 8.32 Å². The van der Waals surface area contributed by atoms with Gasteiger partial charge in [-0.3, -0.25) is 0 Å². The Morgan fingerprint density at radius 1 is 1.21 bits per heavy atom. The minimum absolute atomic E-state index is 0.0316.